The van der Waals surface area contributed by atoms with Gasteiger partial charge in [-0.05, 0) is 33.1 Å². The predicted molar refractivity (Wildman–Crippen MR) is 90.8 cm³/mol. The number of nitrogens with zero attached hydrogens (tertiary/aromatic N) is 1. The normalized spacial score (nSPS) is 15.8. The Morgan fingerprint density at radius 1 is 1.15 bits per heavy atom. The topological polar surface area (TPSA) is 12.5 Å². The SMILES string of the molecule is Brc1cc(-c2ccccc2)c(CN2CCOCC2)s1.Cl. The van der Waals surface area contributed by atoms with E-state index in [0.29, 0.717) is 0 Å². The first-order chi connectivity index (χ1) is 9.33. The Bertz CT molecular complexity index is 540. The second kappa shape index (κ2) is 7.57. The molecular formula is C15H17BrClNOS. The third kappa shape index (κ3) is 3.83. The van der Waals surface area contributed by atoms with Crippen molar-refractivity contribution in [2.45, 2.75) is 6.54 Å². The Hall–Kier alpha value is -0.390. The lowest BCUT2D eigenvalue weighted by Crippen LogP contribution is -2.35. The second-order valence-electron chi connectivity index (χ2n) is 4.64. The third-order valence-electron chi connectivity index (χ3n) is 3.33. The van der Waals surface area contributed by atoms with Crippen LogP contribution in [0.5, 0.6) is 0 Å². The lowest BCUT2D eigenvalue weighted by Gasteiger charge is -2.26. The van der Waals surface area contributed by atoms with Crippen LogP contribution in [0.3, 0.4) is 0 Å². The van der Waals surface area contributed by atoms with Crippen LogP contribution >= 0.6 is 39.7 Å². The van der Waals surface area contributed by atoms with E-state index in [1.54, 1.807) is 0 Å². The maximum Gasteiger partial charge on any atom is 0.0708 e. The molecule has 2 nitrogen and oxygen atoms in total. The first-order valence-corrected chi connectivity index (χ1v) is 8.07. The zero-order valence-corrected chi connectivity index (χ0v) is 14.3. The van der Waals surface area contributed by atoms with Gasteiger partial charge in [-0.1, -0.05) is 30.3 Å². The van der Waals surface area contributed by atoms with Gasteiger partial charge in [0, 0.05) is 24.5 Å². The monoisotopic (exact) mass is 373 g/mol. The molecule has 20 heavy (non-hydrogen) atoms. The van der Waals surface area contributed by atoms with Gasteiger partial charge in [-0.3, -0.25) is 4.90 Å². The van der Waals surface area contributed by atoms with Crippen molar-refractivity contribution in [1.82, 2.24) is 4.90 Å². The van der Waals surface area contributed by atoms with Gasteiger partial charge in [0.05, 0.1) is 17.0 Å². The predicted octanol–water partition coefficient (Wildman–Crippen LogP) is 4.43. The summed E-state index contributed by atoms with van der Waals surface area (Å²) in [6.45, 7) is 4.79. The molecule has 0 amide bonds. The fourth-order valence-electron chi connectivity index (χ4n) is 2.34. The van der Waals surface area contributed by atoms with Crippen molar-refractivity contribution in [1.29, 1.82) is 0 Å². The van der Waals surface area contributed by atoms with Crippen LogP contribution in [0.2, 0.25) is 0 Å². The van der Waals surface area contributed by atoms with Gasteiger partial charge >= 0.3 is 0 Å². The summed E-state index contributed by atoms with van der Waals surface area (Å²) in [6.07, 6.45) is 0. The van der Waals surface area contributed by atoms with E-state index < -0.39 is 0 Å². The van der Waals surface area contributed by atoms with Crippen LogP contribution in [0.1, 0.15) is 4.88 Å². The third-order valence-corrected chi connectivity index (χ3v) is 4.96. The molecule has 1 aromatic carbocycles. The average Bonchev–Trinajstić information content (AvgIpc) is 2.82. The zero-order valence-electron chi connectivity index (χ0n) is 11.0. The largest absolute Gasteiger partial charge is 0.379 e. The molecule has 0 saturated carbocycles. The van der Waals surface area contributed by atoms with E-state index in [1.807, 2.05) is 11.3 Å². The Kier molecular flexibility index (Phi) is 6.05. The molecular weight excluding hydrogens is 358 g/mol. The fourth-order valence-corrected chi connectivity index (χ4v) is 4.10. The van der Waals surface area contributed by atoms with Crippen LogP contribution in [0.4, 0.5) is 0 Å². The van der Waals surface area contributed by atoms with Crippen molar-refractivity contribution >= 4 is 39.7 Å². The van der Waals surface area contributed by atoms with E-state index in [4.69, 9.17) is 4.74 Å². The molecule has 108 valence electrons. The lowest BCUT2D eigenvalue weighted by molar-refractivity contribution is 0.0347. The molecule has 2 heterocycles. The molecule has 0 N–H and O–H groups in total. The number of thiophene rings is 1. The fraction of sp³-hybridized carbons (Fsp3) is 0.333. The second-order valence-corrected chi connectivity index (χ2v) is 7.16. The van der Waals surface area contributed by atoms with Crippen LogP contribution < -0.4 is 0 Å². The molecule has 1 fully saturated rings. The van der Waals surface area contributed by atoms with Crippen LogP contribution in [-0.4, -0.2) is 31.2 Å². The Morgan fingerprint density at radius 3 is 2.55 bits per heavy atom. The molecule has 5 heteroatoms. The molecule has 0 unspecified atom stereocenters. The number of morpholine rings is 1. The maximum absolute atomic E-state index is 5.41. The highest BCUT2D eigenvalue weighted by molar-refractivity contribution is 9.11. The molecule has 1 aromatic heterocycles. The number of hydrogen-bond donors (Lipinski definition) is 0. The first kappa shape index (κ1) is 16.0. The number of benzene rings is 1. The maximum atomic E-state index is 5.41. The highest BCUT2D eigenvalue weighted by atomic mass is 79.9. The van der Waals surface area contributed by atoms with Gasteiger partial charge < -0.3 is 4.74 Å². The van der Waals surface area contributed by atoms with E-state index in [2.05, 4.69) is 57.2 Å². The minimum absolute atomic E-state index is 0. The minimum atomic E-state index is 0. The highest BCUT2D eigenvalue weighted by Crippen LogP contribution is 2.35. The molecule has 0 bridgehead atoms. The van der Waals surface area contributed by atoms with Gasteiger partial charge in [-0.2, -0.15) is 0 Å². The molecule has 3 rings (SSSR count). The van der Waals surface area contributed by atoms with Crippen molar-refractivity contribution in [2.75, 3.05) is 26.3 Å². The smallest absolute Gasteiger partial charge is 0.0708 e. The van der Waals surface area contributed by atoms with Crippen LogP contribution in [-0.2, 0) is 11.3 Å². The van der Waals surface area contributed by atoms with Crippen LogP contribution in [0, 0.1) is 0 Å². The van der Waals surface area contributed by atoms with Gasteiger partial charge in [0.25, 0.3) is 0 Å². The van der Waals surface area contributed by atoms with E-state index in [1.165, 1.54) is 19.8 Å². The molecule has 0 radical (unpaired) electrons. The van der Waals surface area contributed by atoms with Gasteiger partial charge in [-0.15, -0.1) is 23.7 Å². The standard InChI is InChI=1S/C15H16BrNOS.ClH/c16-15-10-13(12-4-2-1-3-5-12)14(19-15)11-17-6-8-18-9-7-17;/h1-5,10H,6-9,11H2;1H. The van der Waals surface area contributed by atoms with Gasteiger partial charge in [0.1, 0.15) is 0 Å². The lowest BCUT2D eigenvalue weighted by atomic mass is 10.1. The highest BCUT2D eigenvalue weighted by Gasteiger charge is 2.15. The van der Waals surface area contributed by atoms with Gasteiger partial charge in [0.15, 0.2) is 0 Å². The summed E-state index contributed by atoms with van der Waals surface area (Å²) in [5.74, 6) is 0. The van der Waals surface area contributed by atoms with Crippen molar-refractivity contribution in [2.24, 2.45) is 0 Å². The van der Waals surface area contributed by atoms with Crippen LogP contribution in [0.25, 0.3) is 11.1 Å². The van der Waals surface area contributed by atoms with Crippen LogP contribution in [0.15, 0.2) is 40.2 Å². The molecule has 0 aliphatic carbocycles. The molecule has 1 aliphatic rings. The summed E-state index contributed by atoms with van der Waals surface area (Å²) in [7, 11) is 0. The quantitative estimate of drug-likeness (QED) is 0.788. The molecule has 0 spiro atoms. The van der Waals surface area contributed by atoms with Crippen molar-refractivity contribution in [3.05, 3.63) is 45.1 Å². The van der Waals surface area contributed by atoms with E-state index >= 15 is 0 Å². The summed E-state index contributed by atoms with van der Waals surface area (Å²) in [4.78, 5) is 3.90. The molecule has 2 aromatic rings. The Labute approximate surface area is 138 Å². The summed E-state index contributed by atoms with van der Waals surface area (Å²) < 4.78 is 6.61. The van der Waals surface area contributed by atoms with Gasteiger partial charge in [-0.25, -0.2) is 0 Å². The van der Waals surface area contributed by atoms with Gasteiger partial charge in [0.2, 0.25) is 0 Å². The average molecular weight is 375 g/mol. The minimum Gasteiger partial charge on any atom is -0.379 e. The Morgan fingerprint density at radius 2 is 1.85 bits per heavy atom. The summed E-state index contributed by atoms with van der Waals surface area (Å²) in [6, 6.07) is 12.8. The summed E-state index contributed by atoms with van der Waals surface area (Å²) in [5.41, 5.74) is 2.65. The van der Waals surface area contributed by atoms with Crippen molar-refractivity contribution in [3.63, 3.8) is 0 Å². The molecule has 0 atom stereocenters. The zero-order chi connectivity index (χ0) is 13.1. The number of halogens is 2. The summed E-state index contributed by atoms with van der Waals surface area (Å²) in [5, 5.41) is 0. The molecule has 1 saturated heterocycles. The van der Waals surface area contributed by atoms with Crippen molar-refractivity contribution < 1.29 is 4.74 Å². The number of hydrogen-bond acceptors (Lipinski definition) is 3. The van der Waals surface area contributed by atoms with E-state index in [-0.39, 0.29) is 12.4 Å². The number of ether oxygens (including phenoxy) is 1. The number of rotatable bonds is 3. The van der Waals surface area contributed by atoms with E-state index in [9.17, 15) is 0 Å². The summed E-state index contributed by atoms with van der Waals surface area (Å²) >= 11 is 5.46. The van der Waals surface area contributed by atoms with E-state index in [0.717, 1.165) is 32.8 Å². The Balaban J connectivity index is 0.00000147. The van der Waals surface area contributed by atoms with Crippen molar-refractivity contribution in [3.8, 4) is 11.1 Å². The first-order valence-electron chi connectivity index (χ1n) is 6.46. The molecule has 1 aliphatic heterocycles.